The van der Waals surface area contributed by atoms with Gasteiger partial charge in [-0.25, -0.2) is 0 Å². The molecule has 0 radical (unpaired) electrons. The summed E-state index contributed by atoms with van der Waals surface area (Å²) in [5.41, 5.74) is 2.32. The molecule has 4 rings (SSSR count). The molecule has 1 aliphatic carbocycles. The van der Waals surface area contributed by atoms with E-state index >= 15 is 0 Å². The molecule has 2 aromatic rings. The van der Waals surface area contributed by atoms with E-state index in [0.717, 1.165) is 41.7 Å². The maximum absolute atomic E-state index is 5.89. The first-order valence-corrected chi connectivity index (χ1v) is 9.11. The van der Waals surface area contributed by atoms with Crippen molar-refractivity contribution in [2.45, 2.75) is 32.0 Å². The van der Waals surface area contributed by atoms with Gasteiger partial charge >= 0.3 is 0 Å². The lowest BCUT2D eigenvalue weighted by Gasteiger charge is -2.26. The largest absolute Gasteiger partial charge is 0.497 e. The van der Waals surface area contributed by atoms with Crippen LogP contribution >= 0.6 is 0 Å². The van der Waals surface area contributed by atoms with Gasteiger partial charge in [-0.05, 0) is 37.1 Å². The molecule has 2 aromatic carbocycles. The molecule has 2 aliphatic rings. The number of rotatable bonds is 7. The van der Waals surface area contributed by atoms with Crippen LogP contribution in [0, 0.1) is 0 Å². The van der Waals surface area contributed by atoms with Gasteiger partial charge in [-0.3, -0.25) is 4.90 Å². The minimum atomic E-state index is 0.603. The highest BCUT2D eigenvalue weighted by Gasteiger charge is 2.31. The van der Waals surface area contributed by atoms with E-state index in [4.69, 9.17) is 18.9 Å². The summed E-state index contributed by atoms with van der Waals surface area (Å²) in [6.45, 7) is 2.87. The molecule has 0 saturated heterocycles. The van der Waals surface area contributed by atoms with E-state index in [2.05, 4.69) is 17.0 Å². The van der Waals surface area contributed by atoms with Crippen molar-refractivity contribution in [2.24, 2.45) is 0 Å². The SMILES string of the molecule is COc1ccc(OC)c(CN(Cc2cccc3c2OCCO3)C2CC2)c1. The Kier molecular flexibility index (Phi) is 4.89. The highest BCUT2D eigenvalue weighted by Crippen LogP contribution is 2.38. The topological polar surface area (TPSA) is 40.2 Å². The zero-order valence-corrected chi connectivity index (χ0v) is 15.4. The van der Waals surface area contributed by atoms with E-state index < -0.39 is 0 Å². The Bertz CT molecular complexity index is 769. The first-order chi connectivity index (χ1) is 12.8. The number of nitrogens with zero attached hydrogens (tertiary/aromatic N) is 1. The van der Waals surface area contributed by atoms with Gasteiger partial charge in [0.25, 0.3) is 0 Å². The second kappa shape index (κ2) is 7.46. The molecule has 1 aliphatic heterocycles. The van der Waals surface area contributed by atoms with Crippen LogP contribution in [0.15, 0.2) is 36.4 Å². The molecule has 0 bridgehead atoms. The number of fused-ring (bicyclic) bond motifs is 1. The summed E-state index contributed by atoms with van der Waals surface area (Å²) in [6, 6.07) is 12.7. The highest BCUT2D eigenvalue weighted by atomic mass is 16.6. The fourth-order valence-electron chi connectivity index (χ4n) is 3.46. The van der Waals surface area contributed by atoms with E-state index in [1.807, 2.05) is 24.3 Å². The Balaban J connectivity index is 1.58. The van der Waals surface area contributed by atoms with Gasteiger partial charge in [-0.2, -0.15) is 0 Å². The first kappa shape index (κ1) is 17.0. The molecule has 5 heteroatoms. The highest BCUT2D eigenvalue weighted by molar-refractivity contribution is 5.47. The molecule has 0 spiro atoms. The minimum absolute atomic E-state index is 0.603. The Morgan fingerprint density at radius 2 is 1.77 bits per heavy atom. The van der Waals surface area contributed by atoms with Crippen LogP contribution < -0.4 is 18.9 Å². The number of benzene rings is 2. The first-order valence-electron chi connectivity index (χ1n) is 9.11. The molecule has 5 nitrogen and oxygen atoms in total. The lowest BCUT2D eigenvalue weighted by atomic mass is 10.1. The molecular formula is C21H25NO4. The Labute approximate surface area is 154 Å². The van der Waals surface area contributed by atoms with Crippen molar-refractivity contribution in [2.75, 3.05) is 27.4 Å². The fraction of sp³-hybridized carbons (Fsp3) is 0.429. The van der Waals surface area contributed by atoms with Crippen LogP contribution in [0.3, 0.4) is 0 Å². The van der Waals surface area contributed by atoms with Crippen LogP contribution in [0.2, 0.25) is 0 Å². The second-order valence-electron chi connectivity index (χ2n) is 6.76. The molecule has 0 unspecified atom stereocenters. The van der Waals surface area contributed by atoms with Crippen molar-refractivity contribution < 1.29 is 18.9 Å². The van der Waals surface area contributed by atoms with Crippen LogP contribution in [0.25, 0.3) is 0 Å². The number of para-hydroxylation sites is 1. The van der Waals surface area contributed by atoms with Crippen molar-refractivity contribution in [1.29, 1.82) is 0 Å². The van der Waals surface area contributed by atoms with Gasteiger partial charge in [0.1, 0.15) is 24.7 Å². The third-order valence-electron chi connectivity index (χ3n) is 4.95. The van der Waals surface area contributed by atoms with Crippen LogP contribution in [0.5, 0.6) is 23.0 Å². The molecule has 0 aromatic heterocycles. The summed E-state index contributed by atoms with van der Waals surface area (Å²) in [4.78, 5) is 2.49. The van der Waals surface area contributed by atoms with Gasteiger partial charge in [0.15, 0.2) is 11.5 Å². The zero-order valence-electron chi connectivity index (χ0n) is 15.4. The van der Waals surface area contributed by atoms with Gasteiger partial charge in [-0.15, -0.1) is 0 Å². The van der Waals surface area contributed by atoms with Crippen LogP contribution in [0.4, 0.5) is 0 Å². The number of ether oxygens (including phenoxy) is 4. The van der Waals surface area contributed by atoms with Crippen molar-refractivity contribution in [1.82, 2.24) is 4.90 Å². The van der Waals surface area contributed by atoms with Crippen LogP contribution in [-0.4, -0.2) is 38.4 Å². The molecule has 0 amide bonds. The monoisotopic (exact) mass is 355 g/mol. The molecule has 138 valence electrons. The van der Waals surface area contributed by atoms with Crippen LogP contribution in [0.1, 0.15) is 24.0 Å². The predicted octanol–water partition coefficient (Wildman–Crippen LogP) is 3.64. The normalized spacial score (nSPS) is 15.8. The van der Waals surface area contributed by atoms with Gasteiger partial charge in [0.05, 0.1) is 14.2 Å². The molecule has 1 heterocycles. The van der Waals surface area contributed by atoms with E-state index in [0.29, 0.717) is 19.3 Å². The van der Waals surface area contributed by atoms with Crippen molar-refractivity contribution in [3.8, 4) is 23.0 Å². The average Bonchev–Trinajstić information content (AvgIpc) is 3.53. The van der Waals surface area contributed by atoms with Crippen LogP contribution in [-0.2, 0) is 13.1 Å². The maximum atomic E-state index is 5.89. The van der Waals surface area contributed by atoms with Gasteiger partial charge < -0.3 is 18.9 Å². The summed E-state index contributed by atoms with van der Waals surface area (Å²) in [5, 5.41) is 0. The van der Waals surface area contributed by atoms with E-state index in [-0.39, 0.29) is 0 Å². The molecule has 26 heavy (non-hydrogen) atoms. The Hall–Kier alpha value is -2.40. The van der Waals surface area contributed by atoms with Crippen molar-refractivity contribution >= 4 is 0 Å². The maximum Gasteiger partial charge on any atom is 0.165 e. The Morgan fingerprint density at radius 3 is 2.54 bits per heavy atom. The van der Waals surface area contributed by atoms with Crippen molar-refractivity contribution in [3.05, 3.63) is 47.5 Å². The van der Waals surface area contributed by atoms with Crippen molar-refractivity contribution in [3.63, 3.8) is 0 Å². The van der Waals surface area contributed by atoms with E-state index in [9.17, 15) is 0 Å². The lowest BCUT2D eigenvalue weighted by molar-refractivity contribution is 0.165. The molecule has 1 fully saturated rings. The predicted molar refractivity (Wildman–Crippen MR) is 99.2 cm³/mol. The lowest BCUT2D eigenvalue weighted by Crippen LogP contribution is -2.26. The molecular weight excluding hydrogens is 330 g/mol. The fourth-order valence-corrected chi connectivity index (χ4v) is 3.46. The number of hydrogen-bond donors (Lipinski definition) is 0. The molecule has 0 atom stereocenters. The molecule has 1 saturated carbocycles. The van der Waals surface area contributed by atoms with Gasteiger partial charge in [0, 0.05) is 30.3 Å². The van der Waals surface area contributed by atoms with E-state index in [1.165, 1.54) is 18.4 Å². The van der Waals surface area contributed by atoms with Gasteiger partial charge in [0.2, 0.25) is 0 Å². The summed E-state index contributed by atoms with van der Waals surface area (Å²) in [5.74, 6) is 3.49. The molecule has 0 N–H and O–H groups in total. The minimum Gasteiger partial charge on any atom is -0.497 e. The summed E-state index contributed by atoms with van der Waals surface area (Å²) >= 11 is 0. The third-order valence-corrected chi connectivity index (χ3v) is 4.95. The zero-order chi connectivity index (χ0) is 17.9. The summed E-state index contributed by atoms with van der Waals surface area (Å²) in [6.07, 6.45) is 2.47. The smallest absolute Gasteiger partial charge is 0.165 e. The number of hydrogen-bond acceptors (Lipinski definition) is 5. The number of methoxy groups -OCH3 is 2. The summed E-state index contributed by atoms with van der Waals surface area (Å²) in [7, 11) is 3.41. The second-order valence-corrected chi connectivity index (χ2v) is 6.76. The quantitative estimate of drug-likeness (QED) is 0.758. The third kappa shape index (κ3) is 3.58. The average molecular weight is 355 g/mol. The standard InChI is InChI=1S/C21H25NO4/c1-23-18-8-9-19(24-2)16(12-18)14-22(17-6-7-17)13-15-4-3-5-20-21(15)26-11-10-25-20/h3-5,8-9,12,17H,6-7,10-11,13-14H2,1-2H3. The van der Waals surface area contributed by atoms with E-state index in [1.54, 1.807) is 14.2 Å². The summed E-state index contributed by atoms with van der Waals surface area (Å²) < 4.78 is 22.6. The van der Waals surface area contributed by atoms with Gasteiger partial charge in [-0.1, -0.05) is 12.1 Å². The Morgan fingerprint density at radius 1 is 0.962 bits per heavy atom.